The molecule has 0 saturated carbocycles. The van der Waals surface area contributed by atoms with Gasteiger partial charge in [0.05, 0.1) is 0 Å². The summed E-state index contributed by atoms with van der Waals surface area (Å²) in [7, 11) is 0. The fourth-order valence-electron chi connectivity index (χ4n) is 1.01. The smallest absolute Gasteiger partial charge is 0.0235 e. The van der Waals surface area contributed by atoms with Gasteiger partial charge in [0, 0.05) is 0 Å². The Labute approximate surface area is 62.9 Å². The van der Waals surface area contributed by atoms with Crippen LogP contribution in [0, 0.1) is 13.8 Å². The van der Waals surface area contributed by atoms with E-state index in [1.54, 1.807) is 0 Å². The predicted molar refractivity (Wildman–Crippen MR) is 44.7 cm³/mol. The molecule has 0 spiro atoms. The molecule has 0 N–H and O–H groups in total. The molecule has 0 aliphatic rings. The van der Waals surface area contributed by atoms with Crippen LogP contribution < -0.4 is 0 Å². The Morgan fingerprint density at radius 1 is 1.30 bits per heavy atom. The van der Waals surface area contributed by atoms with Gasteiger partial charge in [0.1, 0.15) is 0 Å². The van der Waals surface area contributed by atoms with Crippen molar-refractivity contribution in [1.82, 2.24) is 0 Å². The summed E-state index contributed by atoms with van der Waals surface area (Å²) in [5.74, 6) is 0. The maximum atomic E-state index is 3.90. The Morgan fingerprint density at radius 2 is 2.00 bits per heavy atom. The van der Waals surface area contributed by atoms with E-state index in [2.05, 4.69) is 26.8 Å². The summed E-state index contributed by atoms with van der Waals surface area (Å²) in [4.78, 5) is 0. The number of benzene rings is 1. The third-order valence-electron chi connectivity index (χ3n) is 1.65. The van der Waals surface area contributed by atoms with Gasteiger partial charge in [0.25, 0.3) is 0 Å². The summed E-state index contributed by atoms with van der Waals surface area (Å²) in [6.07, 6.45) is 1.04. The predicted octanol–water partition coefficient (Wildman–Crippen LogP) is 2.61. The first kappa shape index (κ1) is 7.33. The molecule has 0 aliphatic carbocycles. The number of hydrogen-bond donors (Lipinski definition) is 0. The van der Waals surface area contributed by atoms with Crippen molar-refractivity contribution in [3.63, 3.8) is 0 Å². The molecule has 0 saturated heterocycles. The summed E-state index contributed by atoms with van der Waals surface area (Å²) < 4.78 is 0. The first-order valence-electron chi connectivity index (χ1n) is 3.51. The molecule has 2 radical (unpaired) electrons. The van der Waals surface area contributed by atoms with E-state index >= 15 is 0 Å². The van der Waals surface area contributed by atoms with Gasteiger partial charge in [0.2, 0.25) is 0 Å². The van der Waals surface area contributed by atoms with Crippen LogP contribution in [0.4, 0.5) is 0 Å². The molecule has 52 valence electrons. The van der Waals surface area contributed by atoms with E-state index in [9.17, 15) is 0 Å². The highest BCUT2D eigenvalue weighted by Crippen LogP contribution is 2.10. The highest BCUT2D eigenvalue weighted by atomic mass is 14.0. The van der Waals surface area contributed by atoms with E-state index in [-0.39, 0.29) is 0 Å². The van der Waals surface area contributed by atoms with Crippen molar-refractivity contribution in [1.29, 1.82) is 0 Å². The minimum Gasteiger partial charge on any atom is -0.0613 e. The van der Waals surface area contributed by atoms with Crippen LogP contribution in [-0.2, 0) is 6.42 Å². The Bertz CT molecular complexity index is 223. The zero-order valence-corrected chi connectivity index (χ0v) is 6.35. The van der Waals surface area contributed by atoms with Crippen LogP contribution in [0.25, 0.3) is 0 Å². The van der Waals surface area contributed by atoms with Crippen LogP contribution in [-0.4, -0.2) is 0 Å². The largest absolute Gasteiger partial charge is 0.0613 e. The van der Waals surface area contributed by atoms with Gasteiger partial charge in [-0.15, -0.1) is 0 Å². The third-order valence-corrected chi connectivity index (χ3v) is 1.65. The lowest BCUT2D eigenvalue weighted by atomic mass is 10.0. The standard InChI is InChI=1S/C10H12/c1-4-10-7-8(2)5-6-9(10)3/h5-7H,2-4H2,1H3. The second-order valence-electron chi connectivity index (χ2n) is 2.46. The van der Waals surface area contributed by atoms with Crippen molar-refractivity contribution in [2.24, 2.45) is 0 Å². The van der Waals surface area contributed by atoms with Gasteiger partial charge in [-0.3, -0.25) is 0 Å². The average Bonchev–Trinajstić information content (AvgIpc) is 1.94. The van der Waals surface area contributed by atoms with E-state index in [1.165, 1.54) is 5.56 Å². The molecule has 0 heterocycles. The van der Waals surface area contributed by atoms with Crippen LogP contribution in [0.2, 0.25) is 0 Å². The van der Waals surface area contributed by atoms with Crippen molar-refractivity contribution < 1.29 is 0 Å². The molecule has 0 aromatic heterocycles. The molecule has 0 unspecified atom stereocenters. The first-order chi connectivity index (χ1) is 4.74. The molecule has 0 aliphatic heterocycles. The zero-order chi connectivity index (χ0) is 7.56. The molecule has 0 heteroatoms. The topological polar surface area (TPSA) is 0 Å². The lowest BCUT2D eigenvalue weighted by molar-refractivity contribution is 1.12. The fraction of sp³-hybridized carbons (Fsp3) is 0.200. The van der Waals surface area contributed by atoms with Crippen LogP contribution in [0.15, 0.2) is 18.2 Å². The van der Waals surface area contributed by atoms with Gasteiger partial charge in [-0.1, -0.05) is 25.1 Å². The molecule has 0 fully saturated rings. The normalized spacial score (nSPS) is 9.90. The highest BCUT2D eigenvalue weighted by Gasteiger charge is 1.93. The molecular weight excluding hydrogens is 120 g/mol. The minimum atomic E-state index is 1.04. The van der Waals surface area contributed by atoms with Gasteiger partial charge < -0.3 is 0 Å². The Morgan fingerprint density at radius 3 is 2.50 bits per heavy atom. The molecule has 1 rings (SSSR count). The van der Waals surface area contributed by atoms with E-state index in [0.29, 0.717) is 0 Å². The van der Waals surface area contributed by atoms with E-state index < -0.39 is 0 Å². The SMILES string of the molecule is [CH2]c1ccc([CH2])c(CC)c1. The average molecular weight is 132 g/mol. The van der Waals surface area contributed by atoms with Crippen molar-refractivity contribution in [3.05, 3.63) is 48.7 Å². The Hall–Kier alpha value is -0.780. The van der Waals surface area contributed by atoms with Crippen molar-refractivity contribution in [2.45, 2.75) is 13.3 Å². The van der Waals surface area contributed by atoms with Crippen LogP contribution in [0.3, 0.4) is 0 Å². The molecule has 0 atom stereocenters. The monoisotopic (exact) mass is 132 g/mol. The van der Waals surface area contributed by atoms with Gasteiger partial charge in [-0.05, 0) is 37.0 Å². The summed E-state index contributed by atoms with van der Waals surface area (Å²) in [6.45, 7) is 9.88. The second kappa shape index (κ2) is 2.87. The molecule has 0 bridgehead atoms. The van der Waals surface area contributed by atoms with E-state index in [4.69, 9.17) is 0 Å². The van der Waals surface area contributed by atoms with Gasteiger partial charge in [0.15, 0.2) is 0 Å². The molecular formula is C10H12. The Balaban J connectivity index is 3.09. The van der Waals surface area contributed by atoms with E-state index in [0.717, 1.165) is 17.5 Å². The zero-order valence-electron chi connectivity index (χ0n) is 6.35. The van der Waals surface area contributed by atoms with Gasteiger partial charge >= 0.3 is 0 Å². The molecule has 10 heavy (non-hydrogen) atoms. The number of aryl methyl sites for hydroxylation is 1. The molecule has 0 nitrogen and oxygen atoms in total. The highest BCUT2D eigenvalue weighted by molar-refractivity contribution is 5.34. The van der Waals surface area contributed by atoms with Gasteiger partial charge in [-0.25, -0.2) is 0 Å². The van der Waals surface area contributed by atoms with E-state index in [1.807, 2.05) is 12.1 Å². The van der Waals surface area contributed by atoms with Gasteiger partial charge in [-0.2, -0.15) is 0 Å². The van der Waals surface area contributed by atoms with Crippen LogP contribution >= 0.6 is 0 Å². The lowest BCUT2D eigenvalue weighted by Gasteiger charge is -2.02. The third kappa shape index (κ3) is 1.38. The first-order valence-corrected chi connectivity index (χ1v) is 3.51. The number of hydrogen-bond acceptors (Lipinski definition) is 0. The van der Waals surface area contributed by atoms with Crippen LogP contribution in [0.1, 0.15) is 23.6 Å². The fourth-order valence-corrected chi connectivity index (χ4v) is 1.01. The van der Waals surface area contributed by atoms with Crippen molar-refractivity contribution >= 4 is 0 Å². The molecule has 1 aromatic rings. The Kier molecular flexibility index (Phi) is 2.10. The maximum Gasteiger partial charge on any atom is -0.0235 e. The maximum absolute atomic E-state index is 3.90. The summed E-state index contributed by atoms with van der Waals surface area (Å²) in [5.41, 5.74) is 3.49. The lowest BCUT2D eigenvalue weighted by Crippen LogP contribution is -1.86. The quantitative estimate of drug-likeness (QED) is 0.551. The summed E-state index contributed by atoms with van der Waals surface area (Å²) in [5, 5.41) is 0. The number of rotatable bonds is 1. The second-order valence-corrected chi connectivity index (χ2v) is 2.46. The minimum absolute atomic E-state index is 1.04. The van der Waals surface area contributed by atoms with Crippen molar-refractivity contribution in [3.8, 4) is 0 Å². The summed E-state index contributed by atoms with van der Waals surface area (Å²) in [6, 6.07) is 6.09. The summed E-state index contributed by atoms with van der Waals surface area (Å²) >= 11 is 0. The molecule has 0 amide bonds. The van der Waals surface area contributed by atoms with Crippen molar-refractivity contribution in [2.75, 3.05) is 0 Å². The van der Waals surface area contributed by atoms with Crippen LogP contribution in [0.5, 0.6) is 0 Å². The molecule has 1 aromatic carbocycles.